The summed E-state index contributed by atoms with van der Waals surface area (Å²) < 4.78 is 26.5. The van der Waals surface area contributed by atoms with Crippen LogP contribution in [0.1, 0.15) is 0 Å². The molecule has 14 heavy (non-hydrogen) atoms. The molecule has 0 unspecified atom stereocenters. The van der Waals surface area contributed by atoms with E-state index in [-0.39, 0.29) is 11.6 Å². The molecule has 4 nitrogen and oxygen atoms in total. The average molecular weight is 202 g/mol. The molecule has 0 amide bonds. The van der Waals surface area contributed by atoms with Crippen molar-refractivity contribution in [1.82, 2.24) is 9.97 Å². The van der Waals surface area contributed by atoms with Gasteiger partial charge in [0.05, 0.1) is 0 Å². The Labute approximate surface area is 81.2 Å². The highest BCUT2D eigenvalue weighted by atomic mass is 19.1. The Morgan fingerprint density at radius 3 is 1.29 bits per heavy atom. The van der Waals surface area contributed by atoms with E-state index in [1.165, 1.54) is 9.80 Å². The first-order valence-corrected chi connectivity index (χ1v) is 4.01. The van der Waals surface area contributed by atoms with E-state index in [4.69, 9.17) is 0 Å². The number of anilines is 2. The van der Waals surface area contributed by atoms with Gasteiger partial charge in [-0.05, 0) is 0 Å². The van der Waals surface area contributed by atoms with Gasteiger partial charge in [0, 0.05) is 28.2 Å². The molecule has 0 atom stereocenters. The Bertz CT molecular complexity index is 305. The molecule has 1 heterocycles. The molecule has 78 valence electrons. The van der Waals surface area contributed by atoms with Crippen LogP contribution in [0.15, 0.2) is 0 Å². The summed E-state index contributed by atoms with van der Waals surface area (Å²) in [7, 11) is 6.29. The smallest absolute Gasteiger partial charge is 0.258 e. The second-order valence-electron chi connectivity index (χ2n) is 3.24. The van der Waals surface area contributed by atoms with E-state index >= 15 is 0 Å². The summed E-state index contributed by atoms with van der Waals surface area (Å²) in [5, 5.41) is 0. The molecule has 0 aliphatic carbocycles. The van der Waals surface area contributed by atoms with Gasteiger partial charge in [0.1, 0.15) is 0 Å². The predicted molar refractivity (Wildman–Crippen MR) is 50.6 cm³/mol. The van der Waals surface area contributed by atoms with Gasteiger partial charge in [-0.2, -0.15) is 18.7 Å². The molecule has 0 saturated heterocycles. The van der Waals surface area contributed by atoms with Crippen molar-refractivity contribution < 1.29 is 8.78 Å². The number of halogens is 2. The van der Waals surface area contributed by atoms with Gasteiger partial charge in [-0.3, -0.25) is 0 Å². The van der Waals surface area contributed by atoms with E-state index in [9.17, 15) is 8.78 Å². The van der Waals surface area contributed by atoms with E-state index in [2.05, 4.69) is 9.97 Å². The summed E-state index contributed by atoms with van der Waals surface area (Å²) >= 11 is 0. The van der Waals surface area contributed by atoms with Crippen LogP contribution < -0.4 is 9.80 Å². The zero-order valence-corrected chi connectivity index (χ0v) is 8.54. The SMILES string of the molecule is CN(C)c1nc(F)c(N(C)C)nc1F. The Hall–Kier alpha value is -1.46. The summed E-state index contributed by atoms with van der Waals surface area (Å²) in [6.45, 7) is 0. The number of hydrogen-bond donors (Lipinski definition) is 0. The van der Waals surface area contributed by atoms with Gasteiger partial charge >= 0.3 is 0 Å². The molecule has 0 fully saturated rings. The largest absolute Gasteiger partial charge is 0.359 e. The van der Waals surface area contributed by atoms with Crippen LogP contribution in [-0.2, 0) is 0 Å². The zero-order chi connectivity index (χ0) is 10.9. The molecule has 1 rings (SSSR count). The topological polar surface area (TPSA) is 32.3 Å². The van der Waals surface area contributed by atoms with E-state index in [0.717, 1.165) is 0 Å². The number of aromatic nitrogens is 2. The van der Waals surface area contributed by atoms with Crippen molar-refractivity contribution in [2.75, 3.05) is 38.0 Å². The van der Waals surface area contributed by atoms with Gasteiger partial charge in [0.25, 0.3) is 11.9 Å². The monoisotopic (exact) mass is 202 g/mol. The van der Waals surface area contributed by atoms with Crippen molar-refractivity contribution in [3.63, 3.8) is 0 Å². The third kappa shape index (κ3) is 1.89. The molecule has 0 aromatic carbocycles. The lowest BCUT2D eigenvalue weighted by atomic mass is 10.5. The average Bonchev–Trinajstić information content (AvgIpc) is 2.07. The fourth-order valence-corrected chi connectivity index (χ4v) is 0.947. The molecule has 0 N–H and O–H groups in total. The van der Waals surface area contributed by atoms with Crippen molar-refractivity contribution >= 4 is 11.6 Å². The zero-order valence-electron chi connectivity index (χ0n) is 8.54. The summed E-state index contributed by atoms with van der Waals surface area (Å²) in [4.78, 5) is 9.68. The van der Waals surface area contributed by atoms with Crippen LogP contribution in [0.25, 0.3) is 0 Å². The molecule has 0 aliphatic heterocycles. The second-order valence-corrected chi connectivity index (χ2v) is 3.24. The Balaban J connectivity index is 3.24. The number of nitrogens with zero attached hydrogens (tertiary/aromatic N) is 4. The van der Waals surface area contributed by atoms with Crippen LogP contribution in [0.3, 0.4) is 0 Å². The molecule has 6 heteroatoms. The van der Waals surface area contributed by atoms with Gasteiger partial charge < -0.3 is 9.80 Å². The molecule has 1 aromatic heterocycles. The van der Waals surface area contributed by atoms with Crippen molar-refractivity contribution in [2.24, 2.45) is 0 Å². The summed E-state index contributed by atoms with van der Waals surface area (Å²) in [5.41, 5.74) is 0. The lowest BCUT2D eigenvalue weighted by molar-refractivity contribution is 0.528. The van der Waals surface area contributed by atoms with Crippen molar-refractivity contribution in [3.05, 3.63) is 11.9 Å². The van der Waals surface area contributed by atoms with Gasteiger partial charge in [-0.15, -0.1) is 0 Å². The molecule has 0 saturated carbocycles. The Morgan fingerprint density at radius 1 is 0.786 bits per heavy atom. The van der Waals surface area contributed by atoms with Gasteiger partial charge in [0.2, 0.25) is 0 Å². The van der Waals surface area contributed by atoms with E-state index in [0.29, 0.717) is 0 Å². The summed E-state index contributed by atoms with van der Waals surface area (Å²) in [6.07, 6.45) is 0. The first-order chi connectivity index (χ1) is 6.43. The quantitative estimate of drug-likeness (QED) is 0.712. The third-order valence-corrected chi connectivity index (χ3v) is 1.62. The summed E-state index contributed by atoms with van der Waals surface area (Å²) in [6, 6.07) is 0. The van der Waals surface area contributed by atoms with Crippen LogP contribution in [0.2, 0.25) is 0 Å². The molecule has 0 aliphatic rings. The minimum atomic E-state index is -0.778. The normalized spacial score (nSPS) is 10.1. The van der Waals surface area contributed by atoms with Crippen LogP contribution in [0.4, 0.5) is 20.4 Å². The first-order valence-electron chi connectivity index (χ1n) is 4.01. The maximum Gasteiger partial charge on any atom is 0.258 e. The van der Waals surface area contributed by atoms with Crippen LogP contribution in [0, 0.1) is 11.9 Å². The fourth-order valence-electron chi connectivity index (χ4n) is 0.947. The highest BCUT2D eigenvalue weighted by Gasteiger charge is 2.15. The molecular weight excluding hydrogens is 190 g/mol. The van der Waals surface area contributed by atoms with E-state index in [1.807, 2.05) is 0 Å². The lowest BCUT2D eigenvalue weighted by Crippen LogP contribution is -2.19. The molecule has 0 radical (unpaired) electrons. The van der Waals surface area contributed by atoms with Gasteiger partial charge in [-0.1, -0.05) is 0 Å². The molecule has 0 bridgehead atoms. The minimum Gasteiger partial charge on any atom is -0.359 e. The fraction of sp³-hybridized carbons (Fsp3) is 0.500. The maximum absolute atomic E-state index is 13.2. The van der Waals surface area contributed by atoms with Crippen LogP contribution in [0.5, 0.6) is 0 Å². The van der Waals surface area contributed by atoms with E-state index in [1.54, 1.807) is 28.2 Å². The second kappa shape index (κ2) is 3.73. The molecule has 1 aromatic rings. The highest BCUT2D eigenvalue weighted by Crippen LogP contribution is 2.18. The highest BCUT2D eigenvalue weighted by molar-refractivity contribution is 5.43. The van der Waals surface area contributed by atoms with Crippen LogP contribution >= 0.6 is 0 Å². The van der Waals surface area contributed by atoms with Gasteiger partial charge in [0.15, 0.2) is 11.6 Å². The number of hydrogen-bond acceptors (Lipinski definition) is 4. The first kappa shape index (κ1) is 10.6. The predicted octanol–water partition coefficient (Wildman–Crippen LogP) is 0.887. The minimum absolute atomic E-state index is 0.104. The Kier molecular flexibility index (Phi) is 2.83. The lowest BCUT2D eigenvalue weighted by Gasteiger charge is -2.15. The van der Waals surface area contributed by atoms with Crippen LogP contribution in [-0.4, -0.2) is 38.2 Å². The molecular formula is C8H12F2N4. The standard InChI is InChI=1S/C8H12F2N4/c1-13(2)7-5(9)12-8(14(3)4)6(10)11-7/h1-4H3. The van der Waals surface area contributed by atoms with Gasteiger partial charge in [-0.25, -0.2) is 0 Å². The van der Waals surface area contributed by atoms with Crippen molar-refractivity contribution in [3.8, 4) is 0 Å². The van der Waals surface area contributed by atoms with E-state index < -0.39 is 11.9 Å². The van der Waals surface area contributed by atoms with Crippen molar-refractivity contribution in [1.29, 1.82) is 0 Å². The molecule has 0 spiro atoms. The number of rotatable bonds is 2. The third-order valence-electron chi connectivity index (χ3n) is 1.62. The maximum atomic E-state index is 13.2. The summed E-state index contributed by atoms with van der Waals surface area (Å²) in [5.74, 6) is -1.76. The van der Waals surface area contributed by atoms with Crippen molar-refractivity contribution in [2.45, 2.75) is 0 Å². The Morgan fingerprint density at radius 2 is 1.07 bits per heavy atom.